The number of esters is 1. The first-order valence-corrected chi connectivity index (χ1v) is 12.6. The Hall–Kier alpha value is -1.30. The van der Waals surface area contributed by atoms with Gasteiger partial charge in [-0.3, -0.25) is 4.79 Å². The maximum atomic E-state index is 11.7. The standard InChI is InChI=1S/C25H41N3O4/c1-14(5-8-22(31)32-4)17-6-7-18-23-19(13-21(30)25(17,18)3)24(2)10-9-16(27-28-26)11-15(24)12-20(23)29/h14-21,23,29-30H,5-13H2,1-4H3/t14-,15+,16?,17-,18+,19?,20-,21+,23?,24+,25-/m1/s1. The highest BCUT2D eigenvalue weighted by Gasteiger charge is 2.65. The molecule has 0 amide bonds. The van der Waals surface area contributed by atoms with E-state index >= 15 is 0 Å². The van der Waals surface area contributed by atoms with Gasteiger partial charge < -0.3 is 14.9 Å². The molecule has 0 saturated heterocycles. The molecule has 3 unspecified atom stereocenters. The van der Waals surface area contributed by atoms with Crippen molar-refractivity contribution in [1.29, 1.82) is 0 Å². The molecule has 0 aromatic heterocycles. The van der Waals surface area contributed by atoms with Crippen LogP contribution in [0.3, 0.4) is 0 Å². The van der Waals surface area contributed by atoms with E-state index in [0.29, 0.717) is 36.0 Å². The Morgan fingerprint density at radius 1 is 1.19 bits per heavy atom. The maximum Gasteiger partial charge on any atom is 0.305 e. The number of azide groups is 1. The van der Waals surface area contributed by atoms with Crippen molar-refractivity contribution < 1.29 is 19.7 Å². The second kappa shape index (κ2) is 8.81. The number of rotatable bonds is 5. The molecule has 2 N–H and O–H groups in total. The highest BCUT2D eigenvalue weighted by atomic mass is 16.5. The molecule has 7 heteroatoms. The molecule has 0 radical (unpaired) electrons. The molecule has 4 aliphatic carbocycles. The van der Waals surface area contributed by atoms with Crippen molar-refractivity contribution in [2.75, 3.05) is 7.11 Å². The number of carbonyl (C=O) groups is 1. The smallest absolute Gasteiger partial charge is 0.305 e. The number of nitrogens with zero attached hydrogens (tertiary/aromatic N) is 3. The Kier molecular flexibility index (Phi) is 6.56. The average molecular weight is 448 g/mol. The number of carbonyl (C=O) groups excluding carboxylic acids is 1. The third kappa shape index (κ3) is 3.65. The SMILES string of the molecule is COC(=O)CC[C@@H](C)[C@H]1CC[C@H]2C3C(C[C@H](O)[C@]12C)[C@@]1(C)CCC(N=[N+]=[N-])C[C@H]1C[C@H]3O. The van der Waals surface area contributed by atoms with E-state index in [2.05, 4.69) is 30.8 Å². The number of hydrogen-bond donors (Lipinski definition) is 2. The van der Waals surface area contributed by atoms with Crippen LogP contribution < -0.4 is 0 Å². The molecule has 4 fully saturated rings. The lowest BCUT2D eigenvalue weighted by molar-refractivity contribution is -0.202. The van der Waals surface area contributed by atoms with Gasteiger partial charge in [-0.25, -0.2) is 0 Å². The molecule has 0 bridgehead atoms. The zero-order chi connectivity index (χ0) is 23.3. The van der Waals surface area contributed by atoms with Crippen LogP contribution in [0.5, 0.6) is 0 Å². The van der Waals surface area contributed by atoms with Crippen LogP contribution in [-0.4, -0.2) is 41.5 Å². The monoisotopic (exact) mass is 447 g/mol. The van der Waals surface area contributed by atoms with E-state index in [1.807, 2.05) is 0 Å². The van der Waals surface area contributed by atoms with Crippen LogP contribution in [-0.2, 0) is 9.53 Å². The normalized spacial score (nSPS) is 48.6. The summed E-state index contributed by atoms with van der Waals surface area (Å²) < 4.78 is 4.84. The van der Waals surface area contributed by atoms with Crippen molar-refractivity contribution in [3.8, 4) is 0 Å². The van der Waals surface area contributed by atoms with Gasteiger partial charge in [-0.05, 0) is 103 Å². The summed E-state index contributed by atoms with van der Waals surface area (Å²) in [6.45, 7) is 6.84. The zero-order valence-electron chi connectivity index (χ0n) is 20.1. The second-order valence-electron chi connectivity index (χ2n) is 11.8. The number of aliphatic hydroxyl groups excluding tert-OH is 2. The molecule has 0 spiro atoms. The fraction of sp³-hybridized carbons (Fsp3) is 0.960. The Balaban J connectivity index is 1.57. The van der Waals surface area contributed by atoms with Crippen LogP contribution in [0, 0.1) is 46.3 Å². The van der Waals surface area contributed by atoms with E-state index in [1.165, 1.54) is 7.11 Å². The van der Waals surface area contributed by atoms with Crippen LogP contribution in [0.25, 0.3) is 10.4 Å². The summed E-state index contributed by atoms with van der Waals surface area (Å²) >= 11 is 0. The minimum Gasteiger partial charge on any atom is -0.469 e. The quantitative estimate of drug-likeness (QED) is 0.271. The van der Waals surface area contributed by atoms with Crippen LogP contribution in [0.15, 0.2) is 5.11 Å². The molecule has 7 nitrogen and oxygen atoms in total. The summed E-state index contributed by atoms with van der Waals surface area (Å²) in [5.41, 5.74) is 8.75. The van der Waals surface area contributed by atoms with E-state index in [4.69, 9.17) is 10.3 Å². The van der Waals surface area contributed by atoms with Gasteiger partial charge in [-0.1, -0.05) is 25.9 Å². The van der Waals surface area contributed by atoms with Gasteiger partial charge in [-0.15, -0.1) is 0 Å². The summed E-state index contributed by atoms with van der Waals surface area (Å²) in [6, 6.07) is 0.0344. The van der Waals surface area contributed by atoms with Crippen molar-refractivity contribution in [1.82, 2.24) is 0 Å². The molecule has 0 aromatic rings. The molecule has 4 rings (SSSR count). The van der Waals surface area contributed by atoms with Gasteiger partial charge in [0.15, 0.2) is 0 Å². The van der Waals surface area contributed by atoms with Gasteiger partial charge in [-0.2, -0.15) is 0 Å². The van der Waals surface area contributed by atoms with E-state index in [9.17, 15) is 15.0 Å². The third-order valence-corrected chi connectivity index (χ3v) is 10.8. The summed E-state index contributed by atoms with van der Waals surface area (Å²) in [5, 5.41) is 27.0. The molecule has 32 heavy (non-hydrogen) atoms. The fourth-order valence-electron chi connectivity index (χ4n) is 8.96. The second-order valence-corrected chi connectivity index (χ2v) is 11.8. The molecular weight excluding hydrogens is 406 g/mol. The minimum absolute atomic E-state index is 0.0344. The van der Waals surface area contributed by atoms with Crippen molar-refractivity contribution >= 4 is 5.97 Å². The Labute approximate surface area is 191 Å². The number of aliphatic hydroxyl groups is 2. The van der Waals surface area contributed by atoms with Crippen molar-refractivity contribution in [3.05, 3.63) is 10.4 Å². The molecule has 4 aliphatic rings. The average Bonchev–Trinajstić information content (AvgIpc) is 3.12. The number of fused-ring (bicyclic) bond motifs is 5. The highest BCUT2D eigenvalue weighted by molar-refractivity contribution is 5.69. The first-order valence-electron chi connectivity index (χ1n) is 12.6. The number of hydrogen-bond acceptors (Lipinski definition) is 5. The van der Waals surface area contributed by atoms with Crippen molar-refractivity contribution in [2.45, 2.75) is 96.8 Å². The molecule has 0 heterocycles. The lowest BCUT2D eigenvalue weighted by atomic mass is 9.43. The first kappa shape index (κ1) is 23.8. The molecule has 180 valence electrons. The van der Waals surface area contributed by atoms with Crippen LogP contribution in [0.1, 0.15) is 78.6 Å². The summed E-state index contributed by atoms with van der Waals surface area (Å²) in [7, 11) is 1.43. The van der Waals surface area contributed by atoms with Crippen LogP contribution in [0.2, 0.25) is 0 Å². The van der Waals surface area contributed by atoms with Gasteiger partial charge in [0.1, 0.15) is 0 Å². The largest absolute Gasteiger partial charge is 0.469 e. The van der Waals surface area contributed by atoms with Crippen molar-refractivity contribution in [2.24, 2.45) is 51.5 Å². The predicted octanol–water partition coefficient (Wildman–Crippen LogP) is 4.86. The highest BCUT2D eigenvalue weighted by Crippen LogP contribution is 2.68. The van der Waals surface area contributed by atoms with Gasteiger partial charge in [0.05, 0.1) is 19.3 Å². The maximum absolute atomic E-state index is 11.7. The topological polar surface area (TPSA) is 116 Å². The fourth-order valence-corrected chi connectivity index (χ4v) is 8.96. The van der Waals surface area contributed by atoms with Crippen LogP contribution in [0.4, 0.5) is 0 Å². The molecule has 4 saturated carbocycles. The van der Waals surface area contributed by atoms with Gasteiger partial charge in [0.25, 0.3) is 0 Å². The molecular formula is C25H41N3O4. The lowest BCUT2D eigenvalue weighted by Crippen LogP contribution is -2.62. The number of methoxy groups -OCH3 is 1. The van der Waals surface area contributed by atoms with E-state index in [-0.39, 0.29) is 41.0 Å². The van der Waals surface area contributed by atoms with Gasteiger partial charge >= 0.3 is 5.97 Å². The molecule has 0 aromatic carbocycles. The van der Waals surface area contributed by atoms with E-state index in [1.54, 1.807) is 0 Å². The Morgan fingerprint density at radius 2 is 1.94 bits per heavy atom. The zero-order valence-corrected chi connectivity index (χ0v) is 20.1. The van der Waals surface area contributed by atoms with E-state index < -0.39 is 0 Å². The Bertz CT molecular complexity index is 770. The molecule has 0 aliphatic heterocycles. The van der Waals surface area contributed by atoms with E-state index in [0.717, 1.165) is 51.4 Å². The van der Waals surface area contributed by atoms with Crippen molar-refractivity contribution in [3.63, 3.8) is 0 Å². The predicted molar refractivity (Wildman–Crippen MR) is 121 cm³/mol. The third-order valence-electron chi connectivity index (χ3n) is 10.8. The lowest BCUT2D eigenvalue weighted by Gasteiger charge is -2.63. The first-order chi connectivity index (χ1) is 15.2. The Morgan fingerprint density at radius 3 is 2.62 bits per heavy atom. The summed E-state index contributed by atoms with van der Waals surface area (Å²) in [4.78, 5) is 14.7. The van der Waals surface area contributed by atoms with Gasteiger partial charge in [0, 0.05) is 17.4 Å². The summed E-state index contributed by atoms with van der Waals surface area (Å²) in [6.07, 6.45) is 6.83. The van der Waals surface area contributed by atoms with Gasteiger partial charge in [0.2, 0.25) is 0 Å². The minimum atomic E-state index is -0.389. The summed E-state index contributed by atoms with van der Waals surface area (Å²) in [5.74, 6) is 1.70. The number of ether oxygens (including phenoxy) is 1. The molecule has 11 atom stereocenters. The van der Waals surface area contributed by atoms with Crippen LogP contribution >= 0.6 is 0 Å².